The SMILES string of the molecule is CCPC(CC)Sc1cc(-n2c(O)c3c(c2O)CCC=C3)c(F)cc1Cl. The first-order valence-electron chi connectivity index (χ1n) is 8.69. The highest BCUT2D eigenvalue weighted by Crippen LogP contribution is 2.44. The van der Waals surface area contributed by atoms with Gasteiger partial charge in [0.25, 0.3) is 0 Å². The lowest BCUT2D eigenvalue weighted by Crippen LogP contribution is -2.00. The highest BCUT2D eigenvalue weighted by molar-refractivity contribution is 8.04. The molecule has 26 heavy (non-hydrogen) atoms. The van der Waals surface area contributed by atoms with Crippen LogP contribution < -0.4 is 0 Å². The van der Waals surface area contributed by atoms with Crippen molar-refractivity contribution < 1.29 is 14.6 Å². The molecule has 7 heteroatoms. The zero-order valence-corrected chi connectivity index (χ0v) is 17.3. The van der Waals surface area contributed by atoms with E-state index in [0.29, 0.717) is 27.6 Å². The van der Waals surface area contributed by atoms with E-state index in [4.69, 9.17) is 11.6 Å². The normalized spacial score (nSPS) is 14.9. The summed E-state index contributed by atoms with van der Waals surface area (Å²) in [5, 5.41) is 21.5. The van der Waals surface area contributed by atoms with Crippen molar-refractivity contribution in [1.29, 1.82) is 0 Å². The van der Waals surface area contributed by atoms with Crippen LogP contribution in [0.4, 0.5) is 4.39 Å². The van der Waals surface area contributed by atoms with Gasteiger partial charge in [-0.25, -0.2) is 8.96 Å². The molecule has 0 saturated heterocycles. The molecule has 1 aliphatic carbocycles. The summed E-state index contributed by atoms with van der Waals surface area (Å²) in [7, 11) is 0.790. The number of thioether (sulfide) groups is 1. The third-order valence-corrected chi connectivity index (χ3v) is 8.18. The molecule has 2 atom stereocenters. The number of allylic oxidation sites excluding steroid dienone is 1. The lowest BCUT2D eigenvalue weighted by molar-refractivity contribution is 0.397. The van der Waals surface area contributed by atoms with Crippen LogP contribution in [0.2, 0.25) is 5.02 Å². The van der Waals surface area contributed by atoms with Crippen molar-refractivity contribution in [1.82, 2.24) is 4.57 Å². The monoisotopic (exact) mass is 413 g/mol. The van der Waals surface area contributed by atoms with Gasteiger partial charge in [0.05, 0.1) is 10.7 Å². The molecule has 1 aromatic heterocycles. The molecule has 0 spiro atoms. The maximum atomic E-state index is 14.7. The number of hydrogen-bond donors (Lipinski definition) is 2. The fraction of sp³-hybridized carbons (Fsp3) is 0.368. The highest BCUT2D eigenvalue weighted by Gasteiger charge is 2.25. The van der Waals surface area contributed by atoms with Gasteiger partial charge in [-0.05, 0) is 37.6 Å². The number of benzene rings is 1. The van der Waals surface area contributed by atoms with Crippen molar-refractivity contribution in [3.8, 4) is 17.4 Å². The average Bonchev–Trinajstić information content (AvgIpc) is 2.88. The van der Waals surface area contributed by atoms with Gasteiger partial charge in [0, 0.05) is 21.0 Å². The summed E-state index contributed by atoms with van der Waals surface area (Å²) in [5.41, 5.74) is 1.31. The largest absolute Gasteiger partial charge is 0.494 e. The molecule has 1 heterocycles. The summed E-state index contributed by atoms with van der Waals surface area (Å²) < 4.78 is 15.8. The van der Waals surface area contributed by atoms with Gasteiger partial charge in [-0.2, -0.15) is 0 Å². The molecular weight excluding hydrogens is 392 g/mol. The summed E-state index contributed by atoms with van der Waals surface area (Å²) in [6.07, 6.45) is 7.19. The Morgan fingerprint density at radius 1 is 1.31 bits per heavy atom. The van der Waals surface area contributed by atoms with Crippen LogP contribution in [0, 0.1) is 5.82 Å². The van der Waals surface area contributed by atoms with Crippen LogP contribution in [-0.2, 0) is 6.42 Å². The third-order valence-electron chi connectivity index (χ3n) is 4.42. The van der Waals surface area contributed by atoms with E-state index in [2.05, 4.69) is 13.8 Å². The van der Waals surface area contributed by atoms with Gasteiger partial charge in [-0.3, -0.25) is 0 Å². The van der Waals surface area contributed by atoms with Gasteiger partial charge in [-0.1, -0.05) is 37.6 Å². The quantitative estimate of drug-likeness (QED) is 0.440. The van der Waals surface area contributed by atoms with Crippen molar-refractivity contribution in [3.63, 3.8) is 0 Å². The Morgan fingerprint density at radius 3 is 2.73 bits per heavy atom. The van der Waals surface area contributed by atoms with E-state index in [1.54, 1.807) is 23.9 Å². The minimum absolute atomic E-state index is 0.110. The summed E-state index contributed by atoms with van der Waals surface area (Å²) in [5.74, 6) is -0.832. The van der Waals surface area contributed by atoms with Crippen LogP contribution in [0.5, 0.6) is 11.8 Å². The van der Waals surface area contributed by atoms with Gasteiger partial charge in [0.2, 0.25) is 11.8 Å². The fourth-order valence-electron chi connectivity index (χ4n) is 3.12. The average molecular weight is 414 g/mol. The Balaban J connectivity index is 2.08. The van der Waals surface area contributed by atoms with Crippen molar-refractivity contribution in [2.45, 2.75) is 43.0 Å². The third kappa shape index (κ3) is 3.62. The van der Waals surface area contributed by atoms with E-state index >= 15 is 0 Å². The van der Waals surface area contributed by atoms with Crippen LogP contribution in [0.3, 0.4) is 0 Å². The molecule has 0 fully saturated rings. The number of aromatic hydroxyl groups is 2. The maximum absolute atomic E-state index is 14.7. The second-order valence-electron chi connectivity index (χ2n) is 6.12. The first-order valence-corrected chi connectivity index (χ1v) is 11.2. The molecule has 0 aliphatic heterocycles. The number of nitrogens with zero attached hydrogens (tertiary/aromatic N) is 1. The lowest BCUT2D eigenvalue weighted by Gasteiger charge is -2.16. The first-order chi connectivity index (χ1) is 12.5. The molecule has 1 aromatic carbocycles. The number of hydrogen-bond acceptors (Lipinski definition) is 3. The van der Waals surface area contributed by atoms with E-state index in [1.165, 1.54) is 10.6 Å². The second-order valence-corrected chi connectivity index (χ2v) is 10.0. The van der Waals surface area contributed by atoms with E-state index in [9.17, 15) is 14.6 Å². The van der Waals surface area contributed by atoms with Gasteiger partial charge in [-0.15, -0.1) is 20.3 Å². The van der Waals surface area contributed by atoms with Crippen LogP contribution in [0.25, 0.3) is 11.8 Å². The Morgan fingerprint density at radius 2 is 2.08 bits per heavy atom. The molecule has 3 nitrogen and oxygen atoms in total. The molecule has 140 valence electrons. The number of rotatable bonds is 6. The van der Waals surface area contributed by atoms with E-state index in [0.717, 1.165) is 32.5 Å². The summed E-state index contributed by atoms with van der Waals surface area (Å²) in [4.78, 5) is 1.18. The van der Waals surface area contributed by atoms with Crippen LogP contribution in [0.1, 0.15) is 37.8 Å². The zero-order valence-electron chi connectivity index (χ0n) is 14.7. The Labute approximate surface area is 164 Å². The molecule has 1 aliphatic rings. The number of fused-ring (bicyclic) bond motifs is 1. The molecule has 0 saturated carbocycles. The van der Waals surface area contributed by atoms with Crippen molar-refractivity contribution in [2.24, 2.45) is 0 Å². The van der Waals surface area contributed by atoms with Crippen LogP contribution in [-0.4, -0.2) is 25.9 Å². The predicted molar refractivity (Wildman–Crippen MR) is 110 cm³/mol. The zero-order chi connectivity index (χ0) is 18.8. The van der Waals surface area contributed by atoms with Crippen LogP contribution >= 0.6 is 31.9 Å². The summed E-state index contributed by atoms with van der Waals surface area (Å²) in [6.45, 7) is 4.27. The minimum atomic E-state index is -0.577. The fourth-order valence-corrected chi connectivity index (χ4v) is 6.19. The molecule has 3 rings (SSSR count). The maximum Gasteiger partial charge on any atom is 0.206 e. The van der Waals surface area contributed by atoms with Gasteiger partial charge < -0.3 is 10.2 Å². The van der Waals surface area contributed by atoms with Gasteiger partial charge in [0.15, 0.2) is 0 Å². The van der Waals surface area contributed by atoms with Crippen molar-refractivity contribution >= 4 is 38.0 Å². The Kier molecular flexibility index (Phi) is 6.21. The molecule has 2 N–H and O–H groups in total. The Bertz CT molecular complexity index is 853. The Hall–Kier alpha value is -1.16. The summed E-state index contributed by atoms with van der Waals surface area (Å²) >= 11 is 7.89. The first kappa shape index (κ1) is 19.6. The number of halogens is 2. The molecule has 0 amide bonds. The highest BCUT2D eigenvalue weighted by atomic mass is 35.5. The van der Waals surface area contributed by atoms with E-state index in [-0.39, 0.29) is 17.4 Å². The van der Waals surface area contributed by atoms with Crippen molar-refractivity contribution in [2.75, 3.05) is 6.16 Å². The van der Waals surface area contributed by atoms with E-state index < -0.39 is 5.82 Å². The smallest absolute Gasteiger partial charge is 0.206 e. The molecular formula is C19H22ClFNO2PS. The van der Waals surface area contributed by atoms with Crippen molar-refractivity contribution in [3.05, 3.63) is 40.2 Å². The minimum Gasteiger partial charge on any atom is -0.494 e. The van der Waals surface area contributed by atoms with E-state index in [1.807, 2.05) is 6.08 Å². The van der Waals surface area contributed by atoms with Gasteiger partial charge in [0.1, 0.15) is 5.82 Å². The van der Waals surface area contributed by atoms with Gasteiger partial charge >= 0.3 is 0 Å². The standard InChI is InChI=1S/C19H22ClFNO2PS/c1-3-17(25-4-2)26-16-10-15(14(21)9-13(16)20)22-18(23)11-7-5-6-8-12(11)19(22)24/h5,7,9-10,17,23-25H,3-4,6,8H2,1-2H3. The predicted octanol–water partition coefficient (Wildman–Crippen LogP) is 6.17. The molecule has 2 unspecified atom stereocenters. The lowest BCUT2D eigenvalue weighted by atomic mass is 10.0. The topological polar surface area (TPSA) is 45.4 Å². The number of aromatic nitrogens is 1. The van der Waals surface area contributed by atoms with Crippen LogP contribution in [0.15, 0.2) is 23.1 Å². The molecule has 2 aromatic rings. The molecule has 0 radical (unpaired) electrons. The molecule has 0 bridgehead atoms. The summed E-state index contributed by atoms with van der Waals surface area (Å²) in [6, 6.07) is 2.88. The second kappa shape index (κ2) is 8.24.